The quantitative estimate of drug-likeness (QED) is 0.554. The van der Waals surface area contributed by atoms with Gasteiger partial charge in [-0.3, -0.25) is 5.32 Å². The summed E-state index contributed by atoms with van der Waals surface area (Å²) in [5.41, 5.74) is -0.690. The van der Waals surface area contributed by atoms with Crippen LogP contribution in [0.2, 0.25) is 0 Å². The first-order valence-corrected chi connectivity index (χ1v) is 8.61. The minimum Gasteiger partial charge on any atom is -0.444 e. The molecule has 8 heteroatoms. The van der Waals surface area contributed by atoms with E-state index in [1.807, 2.05) is 6.07 Å². The van der Waals surface area contributed by atoms with Gasteiger partial charge in [-0.05, 0) is 36.7 Å². The highest BCUT2D eigenvalue weighted by atomic mass is 79.9. The molecule has 1 aromatic rings. The molecule has 23 heavy (non-hydrogen) atoms. The summed E-state index contributed by atoms with van der Waals surface area (Å²) in [6.45, 7) is 5.06. The number of rotatable bonds is 1. The Balaban J connectivity index is 2.51. The molecular weight excluding hydrogens is 390 g/mol. The zero-order valence-electron chi connectivity index (χ0n) is 12.6. The molecule has 1 heterocycles. The van der Waals surface area contributed by atoms with E-state index in [2.05, 4.69) is 27.1 Å². The van der Waals surface area contributed by atoms with Gasteiger partial charge in [-0.1, -0.05) is 5.87 Å². The molecule has 122 valence electrons. The predicted octanol–water partition coefficient (Wildman–Crippen LogP) is 4.52. The summed E-state index contributed by atoms with van der Waals surface area (Å²) < 4.78 is 32.9. The molecule has 1 atom stereocenters. The number of allylic oxidation sites excluding steroid dienone is 1. The predicted molar refractivity (Wildman–Crippen MR) is 88.9 cm³/mol. The van der Waals surface area contributed by atoms with Crippen molar-refractivity contribution in [1.82, 2.24) is 5.32 Å². The first-order chi connectivity index (χ1) is 10.6. The van der Waals surface area contributed by atoms with Crippen molar-refractivity contribution in [1.29, 1.82) is 5.26 Å². The van der Waals surface area contributed by atoms with Gasteiger partial charge in [0.25, 0.3) is 0 Å². The Morgan fingerprint density at radius 2 is 2.04 bits per heavy atom. The number of alkyl carbamates (subject to hydrolysis) is 1. The second kappa shape index (κ2) is 6.06. The Bertz CT molecular complexity index is 807. The second-order valence-corrected chi connectivity index (χ2v) is 8.08. The van der Waals surface area contributed by atoms with Gasteiger partial charge in [0.15, 0.2) is 0 Å². The van der Waals surface area contributed by atoms with Crippen molar-refractivity contribution >= 4 is 44.0 Å². The van der Waals surface area contributed by atoms with Gasteiger partial charge in [0.1, 0.15) is 23.3 Å². The van der Waals surface area contributed by atoms with Crippen molar-refractivity contribution in [3.8, 4) is 6.07 Å². The summed E-state index contributed by atoms with van der Waals surface area (Å²) in [5, 5.41) is 11.9. The summed E-state index contributed by atoms with van der Waals surface area (Å²) in [7, 11) is -1.17. The molecule has 1 aliphatic rings. The van der Waals surface area contributed by atoms with E-state index in [1.165, 1.54) is 0 Å². The molecule has 1 N–H and O–H groups in total. The van der Waals surface area contributed by atoms with Gasteiger partial charge in [-0.15, -0.1) is 10.5 Å². The molecule has 0 aromatic heterocycles. The minimum atomic E-state index is -1.17. The van der Waals surface area contributed by atoms with Crippen molar-refractivity contribution in [2.45, 2.75) is 31.3 Å². The highest BCUT2D eigenvalue weighted by Gasteiger charge is 2.33. The Morgan fingerprint density at radius 3 is 2.57 bits per heavy atom. The maximum atomic E-state index is 14.1. The van der Waals surface area contributed by atoms with Crippen molar-refractivity contribution in [2.75, 3.05) is 0 Å². The van der Waals surface area contributed by atoms with E-state index in [1.54, 1.807) is 20.8 Å². The van der Waals surface area contributed by atoms with Crippen molar-refractivity contribution in [3.05, 3.63) is 32.8 Å². The molecule has 0 spiro atoms. The Morgan fingerprint density at radius 1 is 1.43 bits per heavy atom. The first-order valence-electron chi connectivity index (χ1n) is 6.43. The van der Waals surface area contributed by atoms with E-state index in [0.717, 1.165) is 6.07 Å². The number of nitriles is 1. The maximum Gasteiger partial charge on any atom is 0.412 e. The van der Waals surface area contributed by atoms with Crippen LogP contribution < -0.4 is 5.32 Å². The van der Waals surface area contributed by atoms with Crippen molar-refractivity contribution in [2.24, 2.45) is 0 Å². The van der Waals surface area contributed by atoms with Crippen LogP contribution in [0.3, 0.4) is 0 Å². The van der Waals surface area contributed by atoms with E-state index in [0.29, 0.717) is 0 Å². The number of hydrogen-bond acceptors (Lipinski definition) is 3. The highest BCUT2D eigenvalue weighted by molar-refractivity contribution is 9.10. The maximum absolute atomic E-state index is 14.1. The molecule has 0 fully saturated rings. The molecule has 0 aliphatic carbocycles. The first kappa shape index (κ1) is 17.6. The van der Waals surface area contributed by atoms with E-state index < -0.39 is 33.8 Å². The third-order valence-corrected chi connectivity index (χ3v) is 5.29. The Hall–Kier alpha value is -1.72. The monoisotopic (exact) mass is 402 g/mol. The average Bonchev–Trinajstić information content (AvgIpc) is 2.67. The molecule has 1 unspecified atom stereocenters. The zero-order chi connectivity index (χ0) is 17.5. The second-order valence-electron chi connectivity index (χ2n) is 5.69. The van der Waals surface area contributed by atoms with Crippen LogP contribution in [-0.2, 0) is 4.74 Å². The van der Waals surface area contributed by atoms with Crippen LogP contribution in [0.1, 0.15) is 26.3 Å². The molecule has 0 bridgehead atoms. The number of benzene rings is 1. The van der Waals surface area contributed by atoms with Crippen molar-refractivity contribution < 1.29 is 18.3 Å². The molecule has 4 nitrogen and oxygen atoms in total. The smallest absolute Gasteiger partial charge is 0.412 e. The van der Waals surface area contributed by atoms with E-state index in [9.17, 15) is 18.8 Å². The number of amides is 1. The number of nitrogens with zero attached hydrogens (tertiary/aromatic N) is 1. The van der Waals surface area contributed by atoms with E-state index >= 15 is 0 Å². The van der Waals surface area contributed by atoms with Gasteiger partial charge >= 0.3 is 6.09 Å². The molecular formula is C15H13BrF2N2O2S. The highest BCUT2D eigenvalue weighted by Crippen LogP contribution is 2.51. The van der Waals surface area contributed by atoms with Gasteiger partial charge in [0.05, 0.1) is 20.0 Å². The van der Waals surface area contributed by atoms with Crippen LogP contribution >= 0.6 is 26.4 Å². The zero-order valence-corrected chi connectivity index (χ0v) is 15.0. The van der Waals surface area contributed by atoms with Crippen LogP contribution in [0, 0.1) is 23.0 Å². The van der Waals surface area contributed by atoms with Gasteiger partial charge in [0.2, 0.25) is 0 Å². The lowest BCUT2D eigenvalue weighted by molar-refractivity contribution is 0.0551. The number of ether oxygens (including phenoxy) is 1. The molecule has 0 radical (unpaired) electrons. The van der Waals surface area contributed by atoms with E-state index in [-0.39, 0.29) is 25.5 Å². The van der Waals surface area contributed by atoms with Gasteiger partial charge < -0.3 is 4.74 Å². The summed E-state index contributed by atoms with van der Waals surface area (Å²) in [6.07, 6.45) is -0.786. The van der Waals surface area contributed by atoms with Crippen molar-refractivity contribution in [3.63, 3.8) is 0 Å². The molecule has 2 rings (SSSR count). The van der Waals surface area contributed by atoms with Crippen LogP contribution in [-0.4, -0.2) is 17.6 Å². The number of halogens is 3. The fraction of sp³-hybridized carbons (Fsp3) is 0.267. The third-order valence-electron chi connectivity index (χ3n) is 2.82. The molecule has 1 amide bonds. The lowest BCUT2D eigenvalue weighted by atomic mass is 10.1. The number of fused-ring (bicyclic) bond motifs is 1. The number of carbonyl (C=O) groups excluding carboxylic acids is 1. The minimum absolute atomic E-state index is 0.0329. The van der Waals surface area contributed by atoms with E-state index in [4.69, 9.17) is 4.74 Å². The molecule has 0 saturated heterocycles. The third kappa shape index (κ3) is 3.31. The standard InChI is InChI=1S/C15H13BrF2N2O2S/c1-15(2,3)22-14(21)20-13-7(6-19)10-11(16)8(17)5-9(18)12(10)23(13)4/h5H,4H2,1-3H3,(H,20,21). The Labute approximate surface area is 143 Å². The van der Waals surface area contributed by atoms with Crippen LogP contribution in [0.5, 0.6) is 0 Å². The lowest BCUT2D eigenvalue weighted by Crippen LogP contribution is -2.31. The largest absolute Gasteiger partial charge is 0.444 e. The summed E-state index contributed by atoms with van der Waals surface area (Å²) >= 11 is 3.02. The number of carbonyl (C=O) groups is 1. The molecule has 0 saturated carbocycles. The average molecular weight is 403 g/mol. The normalized spacial score (nSPS) is 16.8. The fourth-order valence-electron chi connectivity index (χ4n) is 2.01. The number of nitrogens with one attached hydrogen (secondary N) is 1. The van der Waals surface area contributed by atoms with Crippen LogP contribution in [0.15, 0.2) is 20.5 Å². The fourth-order valence-corrected chi connectivity index (χ4v) is 4.20. The molecule has 1 aliphatic heterocycles. The van der Waals surface area contributed by atoms with Crippen LogP contribution in [0.4, 0.5) is 13.6 Å². The topological polar surface area (TPSA) is 62.1 Å². The molecule has 1 aromatic carbocycles. The number of hydrogen-bond donors (Lipinski definition) is 1. The Kier molecular flexibility index (Phi) is 4.64. The SMILES string of the molecule is C=S1C(NC(=O)OC(C)(C)C)=C(C#N)c2c(Br)c(F)cc(F)c21. The van der Waals surface area contributed by atoms with Gasteiger partial charge in [0, 0.05) is 11.6 Å². The van der Waals surface area contributed by atoms with Crippen LogP contribution in [0.25, 0.3) is 5.57 Å². The van der Waals surface area contributed by atoms with Gasteiger partial charge in [-0.2, -0.15) is 5.26 Å². The summed E-state index contributed by atoms with van der Waals surface area (Å²) in [5.74, 6) is 2.16. The summed E-state index contributed by atoms with van der Waals surface area (Å²) in [4.78, 5) is 12.0. The van der Waals surface area contributed by atoms with Gasteiger partial charge in [-0.25, -0.2) is 13.6 Å². The lowest BCUT2D eigenvalue weighted by Gasteiger charge is -2.20. The summed E-state index contributed by atoms with van der Waals surface area (Å²) in [6, 6.07) is 2.60.